The summed E-state index contributed by atoms with van der Waals surface area (Å²) in [4.78, 5) is 11.1. The van der Waals surface area contributed by atoms with Gasteiger partial charge in [-0.25, -0.2) is 0 Å². The minimum atomic E-state index is -8.64. The maximum Gasteiger partial charge on any atom is 0.460 e. The van der Waals surface area contributed by atoms with Gasteiger partial charge in [0.05, 0.1) is 5.25 Å². The van der Waals surface area contributed by atoms with Crippen molar-refractivity contribution in [2.45, 2.75) is 66.2 Å². The van der Waals surface area contributed by atoms with Crippen LogP contribution in [0.5, 0.6) is 0 Å². The van der Waals surface area contributed by atoms with Crippen LogP contribution in [0.3, 0.4) is 0 Å². The number of carbonyl (C=O) groups is 1. The first-order valence-corrected chi connectivity index (χ1v) is 8.46. The smallest absolute Gasteiger partial charge is 0.287 e. The van der Waals surface area contributed by atoms with Gasteiger partial charge in [-0.3, -0.25) is 4.79 Å². The highest BCUT2D eigenvalue weighted by Crippen LogP contribution is 2.65. The van der Waals surface area contributed by atoms with Gasteiger partial charge in [-0.1, -0.05) is 18.7 Å². The number of alkyl halides is 17. The Morgan fingerprint density at radius 3 is 1.19 bits per heavy atom. The van der Waals surface area contributed by atoms with Crippen LogP contribution in [-0.2, 0) is 4.79 Å². The van der Waals surface area contributed by atoms with E-state index in [1.54, 1.807) is 0 Å². The van der Waals surface area contributed by atoms with Crippen molar-refractivity contribution in [2.75, 3.05) is 0 Å². The summed E-state index contributed by atoms with van der Waals surface area (Å²) in [5.41, 5.74) is 0. The number of hydrogen-bond donors (Lipinski definition) is 0. The van der Waals surface area contributed by atoms with E-state index in [1.165, 1.54) is 0 Å². The lowest BCUT2D eigenvalue weighted by atomic mass is 9.87. The zero-order valence-electron chi connectivity index (χ0n) is 14.6. The minimum Gasteiger partial charge on any atom is -0.287 e. The van der Waals surface area contributed by atoms with Gasteiger partial charge < -0.3 is 0 Å². The van der Waals surface area contributed by atoms with Crippen molar-refractivity contribution in [1.29, 1.82) is 0 Å². The van der Waals surface area contributed by atoms with Gasteiger partial charge in [0.1, 0.15) is 0 Å². The Balaban J connectivity index is 3.60. The first-order chi connectivity index (χ1) is 13.7. The largest absolute Gasteiger partial charge is 0.460 e. The van der Waals surface area contributed by atoms with Crippen LogP contribution in [0.2, 0.25) is 0 Å². The zero-order chi connectivity index (χ0) is 26.1. The SMILES string of the molecule is CC1CC(C(F)(F)C(F)(F)C(F)(F)C(F)(F)C(F)(F)C(F)(F)C(F)(F)C(F)(F)F)SC1=O. The van der Waals surface area contributed by atoms with Gasteiger partial charge in [-0.15, -0.1) is 0 Å². The van der Waals surface area contributed by atoms with Crippen molar-refractivity contribution in [3.8, 4) is 0 Å². The van der Waals surface area contributed by atoms with E-state index in [0.29, 0.717) is 0 Å². The second-order valence-electron chi connectivity index (χ2n) is 6.63. The Bertz CT molecular complexity index is 739. The summed E-state index contributed by atoms with van der Waals surface area (Å²) in [5.74, 6) is -58.1. The maximum absolute atomic E-state index is 13.9. The summed E-state index contributed by atoms with van der Waals surface area (Å²) >= 11 is -0.797. The maximum atomic E-state index is 13.9. The monoisotopic (exact) mass is 534 g/mol. The molecule has 0 aromatic heterocycles. The molecular formula is C13H7F17OS. The molecule has 2 unspecified atom stereocenters. The third-order valence-electron chi connectivity index (χ3n) is 4.38. The standard InChI is InChI=1S/C13H7F17OS/c1-3-2-4(32-5(3)31)6(14,15)7(16,17)8(18,19)9(20,21)10(22,23)11(24,25)12(26,27)13(28,29)30/h3-4H,2H2,1H3. The molecule has 1 aliphatic rings. The fourth-order valence-corrected chi connectivity index (χ4v) is 3.61. The number of carbonyl (C=O) groups excluding carboxylic acids is 1. The summed E-state index contributed by atoms with van der Waals surface area (Å²) in [7, 11) is 0. The van der Waals surface area contributed by atoms with Gasteiger partial charge in [0.2, 0.25) is 0 Å². The minimum absolute atomic E-state index is 0.782. The van der Waals surface area contributed by atoms with Crippen LogP contribution in [0.1, 0.15) is 13.3 Å². The second kappa shape index (κ2) is 7.41. The van der Waals surface area contributed by atoms with E-state index in [2.05, 4.69) is 0 Å². The predicted molar refractivity (Wildman–Crippen MR) is 70.9 cm³/mol. The van der Waals surface area contributed by atoms with Gasteiger partial charge in [0.25, 0.3) is 0 Å². The highest BCUT2D eigenvalue weighted by molar-refractivity contribution is 8.14. The average molecular weight is 534 g/mol. The van der Waals surface area contributed by atoms with Crippen LogP contribution in [-0.4, -0.2) is 58.0 Å². The van der Waals surface area contributed by atoms with Crippen molar-refractivity contribution in [1.82, 2.24) is 0 Å². The van der Waals surface area contributed by atoms with Crippen LogP contribution in [0, 0.1) is 5.92 Å². The lowest BCUT2D eigenvalue weighted by Crippen LogP contribution is -2.75. The molecule has 0 spiro atoms. The Labute approximate surface area is 169 Å². The highest BCUT2D eigenvalue weighted by Gasteiger charge is 2.95. The van der Waals surface area contributed by atoms with Crippen LogP contribution in [0.25, 0.3) is 0 Å². The van der Waals surface area contributed by atoms with Crippen LogP contribution in [0.4, 0.5) is 74.6 Å². The molecule has 32 heavy (non-hydrogen) atoms. The number of rotatable bonds is 7. The average Bonchev–Trinajstić information content (AvgIpc) is 2.92. The molecule has 190 valence electrons. The third kappa shape index (κ3) is 3.50. The van der Waals surface area contributed by atoms with E-state index < -0.39 is 82.1 Å². The Hall–Kier alpha value is -1.17. The summed E-state index contributed by atoms with van der Waals surface area (Å²) in [6.45, 7) is 0.782. The molecular weight excluding hydrogens is 527 g/mol. The topological polar surface area (TPSA) is 17.1 Å². The molecule has 1 heterocycles. The summed E-state index contributed by atoms with van der Waals surface area (Å²) in [5, 5.41) is -4.64. The number of halogens is 17. The Kier molecular flexibility index (Phi) is 6.69. The molecule has 2 atom stereocenters. The molecule has 0 saturated carbocycles. The molecule has 19 heteroatoms. The van der Waals surface area contributed by atoms with Crippen LogP contribution in [0.15, 0.2) is 0 Å². The first-order valence-electron chi connectivity index (χ1n) is 7.58. The summed E-state index contributed by atoms with van der Waals surface area (Å²) < 4.78 is 223. The molecule has 0 N–H and O–H groups in total. The lowest BCUT2D eigenvalue weighted by Gasteiger charge is -2.43. The van der Waals surface area contributed by atoms with Gasteiger partial charge >= 0.3 is 47.6 Å². The van der Waals surface area contributed by atoms with Gasteiger partial charge in [-0.2, -0.15) is 74.6 Å². The first kappa shape index (κ1) is 28.9. The zero-order valence-corrected chi connectivity index (χ0v) is 15.4. The molecule has 1 saturated heterocycles. The third-order valence-corrected chi connectivity index (χ3v) is 5.79. The van der Waals surface area contributed by atoms with E-state index in [1.807, 2.05) is 0 Å². The molecule has 0 aliphatic carbocycles. The molecule has 0 bridgehead atoms. The fraction of sp³-hybridized carbons (Fsp3) is 0.923. The highest BCUT2D eigenvalue weighted by atomic mass is 32.2. The lowest BCUT2D eigenvalue weighted by molar-refractivity contribution is -0.461. The van der Waals surface area contributed by atoms with Gasteiger partial charge in [0, 0.05) is 5.92 Å². The van der Waals surface area contributed by atoms with Crippen LogP contribution >= 0.6 is 11.8 Å². The van der Waals surface area contributed by atoms with E-state index in [0.717, 1.165) is 6.92 Å². The van der Waals surface area contributed by atoms with Crippen molar-refractivity contribution in [3.05, 3.63) is 0 Å². The molecule has 0 amide bonds. The summed E-state index contributed by atoms with van der Waals surface area (Å²) in [6.07, 6.45) is -9.19. The van der Waals surface area contributed by atoms with E-state index in [9.17, 15) is 79.4 Å². The molecule has 0 radical (unpaired) electrons. The van der Waals surface area contributed by atoms with Crippen molar-refractivity contribution < 1.29 is 79.4 Å². The number of thioether (sulfide) groups is 1. The second-order valence-corrected chi connectivity index (χ2v) is 7.84. The van der Waals surface area contributed by atoms with Gasteiger partial charge in [-0.05, 0) is 6.42 Å². The van der Waals surface area contributed by atoms with Crippen LogP contribution < -0.4 is 0 Å². The molecule has 0 aromatic carbocycles. The molecule has 1 nitrogen and oxygen atoms in total. The van der Waals surface area contributed by atoms with Crippen molar-refractivity contribution in [2.24, 2.45) is 5.92 Å². The molecule has 1 fully saturated rings. The van der Waals surface area contributed by atoms with E-state index >= 15 is 0 Å². The predicted octanol–water partition coefficient (Wildman–Crippen LogP) is 6.66. The van der Waals surface area contributed by atoms with Gasteiger partial charge in [0.15, 0.2) is 5.12 Å². The van der Waals surface area contributed by atoms with E-state index in [-0.39, 0.29) is 0 Å². The molecule has 1 rings (SSSR count). The number of hydrogen-bond acceptors (Lipinski definition) is 2. The van der Waals surface area contributed by atoms with Crippen molar-refractivity contribution in [3.63, 3.8) is 0 Å². The normalized spacial score (nSPS) is 23.1. The fourth-order valence-electron chi connectivity index (χ4n) is 2.32. The molecule has 1 aliphatic heterocycles. The summed E-state index contributed by atoms with van der Waals surface area (Å²) in [6, 6.07) is 0. The van der Waals surface area contributed by atoms with E-state index in [4.69, 9.17) is 0 Å². The Morgan fingerprint density at radius 1 is 0.594 bits per heavy atom. The quantitative estimate of drug-likeness (QED) is 0.340. The molecule has 0 aromatic rings. The Morgan fingerprint density at radius 2 is 0.906 bits per heavy atom. The van der Waals surface area contributed by atoms with Crippen molar-refractivity contribution >= 4 is 16.9 Å².